The zero-order chi connectivity index (χ0) is 11.4. The first-order valence-corrected chi connectivity index (χ1v) is 5.32. The van der Waals surface area contributed by atoms with Gasteiger partial charge in [-0.1, -0.05) is 22.5 Å². The first kappa shape index (κ1) is 12.2. The minimum Gasteiger partial charge on any atom is -0.349 e. The van der Waals surface area contributed by atoms with Crippen molar-refractivity contribution in [3.05, 3.63) is 16.3 Å². The van der Waals surface area contributed by atoms with Crippen molar-refractivity contribution in [1.29, 1.82) is 0 Å². The fraction of sp³-hybridized carbons (Fsp3) is 0.375. The maximum atomic E-state index is 5.75. The normalized spacial score (nSPS) is 9.87. The van der Waals surface area contributed by atoms with Crippen LogP contribution in [-0.2, 0) is 0 Å². The molecule has 0 unspecified atom stereocenters. The van der Waals surface area contributed by atoms with Gasteiger partial charge < -0.3 is 10.2 Å². The number of rotatable bonds is 4. The summed E-state index contributed by atoms with van der Waals surface area (Å²) < 4.78 is 0.811. The first-order chi connectivity index (χ1) is 6.99. The van der Waals surface area contributed by atoms with Gasteiger partial charge in [-0.3, -0.25) is 0 Å². The summed E-state index contributed by atoms with van der Waals surface area (Å²) in [7, 11) is 3.66. The van der Waals surface area contributed by atoms with Crippen molar-refractivity contribution >= 4 is 39.4 Å². The van der Waals surface area contributed by atoms with E-state index in [4.69, 9.17) is 11.6 Å². The van der Waals surface area contributed by atoms with Gasteiger partial charge in [0.15, 0.2) is 0 Å². The van der Waals surface area contributed by atoms with Crippen LogP contribution < -0.4 is 10.2 Å². The SMILES string of the molecule is C=C(Br)CNc1nc(Cl)nc(N(C)C)n1. The number of nitrogens with zero attached hydrogens (tertiary/aromatic N) is 4. The second-order valence-corrected chi connectivity index (χ2v) is 4.45. The Morgan fingerprint density at radius 2 is 2.13 bits per heavy atom. The third-order valence-electron chi connectivity index (χ3n) is 1.43. The van der Waals surface area contributed by atoms with Crippen molar-refractivity contribution in [3.63, 3.8) is 0 Å². The molecule has 0 aliphatic rings. The Morgan fingerprint density at radius 1 is 1.47 bits per heavy atom. The molecule has 7 heteroatoms. The molecule has 0 bridgehead atoms. The van der Waals surface area contributed by atoms with E-state index in [2.05, 4.69) is 42.8 Å². The molecule has 0 aliphatic carbocycles. The van der Waals surface area contributed by atoms with Gasteiger partial charge in [0.25, 0.3) is 0 Å². The van der Waals surface area contributed by atoms with Crippen LogP contribution in [0.15, 0.2) is 11.1 Å². The van der Waals surface area contributed by atoms with Gasteiger partial charge in [-0.25, -0.2) is 0 Å². The summed E-state index contributed by atoms with van der Waals surface area (Å²) in [6.45, 7) is 4.22. The minimum atomic E-state index is 0.163. The van der Waals surface area contributed by atoms with Crippen LogP contribution >= 0.6 is 27.5 Å². The molecule has 1 aromatic rings. The molecule has 5 nitrogen and oxygen atoms in total. The van der Waals surface area contributed by atoms with Crippen LogP contribution in [0, 0.1) is 0 Å². The molecule has 0 fully saturated rings. The van der Waals surface area contributed by atoms with Crippen LogP contribution in [0.1, 0.15) is 0 Å². The van der Waals surface area contributed by atoms with Gasteiger partial charge in [-0.05, 0) is 11.6 Å². The standard InChI is InChI=1S/C8H11BrClN5/c1-5(9)4-11-7-12-6(10)13-8(14-7)15(2)3/h1,4H2,2-3H3,(H,11,12,13,14). The van der Waals surface area contributed by atoms with Gasteiger partial charge in [-0.2, -0.15) is 15.0 Å². The lowest BCUT2D eigenvalue weighted by molar-refractivity contribution is 0.953. The molecule has 1 heterocycles. The molecule has 15 heavy (non-hydrogen) atoms. The average Bonchev–Trinajstić information content (AvgIpc) is 2.13. The highest BCUT2D eigenvalue weighted by Gasteiger charge is 2.05. The lowest BCUT2D eigenvalue weighted by Crippen LogP contribution is -2.15. The summed E-state index contributed by atoms with van der Waals surface area (Å²) in [5.41, 5.74) is 0. The molecule has 0 radical (unpaired) electrons. The predicted octanol–water partition coefficient (Wildman–Crippen LogP) is 1.91. The average molecular weight is 293 g/mol. The molecule has 0 atom stereocenters. The number of nitrogens with one attached hydrogen (secondary N) is 1. The van der Waals surface area contributed by atoms with E-state index in [-0.39, 0.29) is 5.28 Å². The summed E-state index contributed by atoms with van der Waals surface area (Å²) in [6, 6.07) is 0. The zero-order valence-corrected chi connectivity index (χ0v) is 10.8. The zero-order valence-electron chi connectivity index (χ0n) is 8.46. The Labute approximate surface area is 102 Å². The van der Waals surface area contributed by atoms with Crippen molar-refractivity contribution in [2.24, 2.45) is 0 Å². The van der Waals surface area contributed by atoms with E-state index in [1.807, 2.05) is 14.1 Å². The van der Waals surface area contributed by atoms with E-state index in [0.29, 0.717) is 18.4 Å². The largest absolute Gasteiger partial charge is 0.349 e. The lowest BCUT2D eigenvalue weighted by Gasteiger charge is -2.11. The number of hydrogen-bond acceptors (Lipinski definition) is 5. The van der Waals surface area contributed by atoms with Crippen LogP contribution in [0.25, 0.3) is 0 Å². The highest BCUT2D eigenvalue weighted by atomic mass is 79.9. The van der Waals surface area contributed by atoms with E-state index < -0.39 is 0 Å². The van der Waals surface area contributed by atoms with E-state index in [9.17, 15) is 0 Å². The smallest absolute Gasteiger partial charge is 0.230 e. The summed E-state index contributed by atoms with van der Waals surface area (Å²) in [4.78, 5) is 13.8. The molecule has 0 saturated heterocycles. The topological polar surface area (TPSA) is 53.9 Å². The second-order valence-electron chi connectivity index (χ2n) is 2.99. The molecule has 1 rings (SSSR count). The second kappa shape index (κ2) is 5.27. The van der Waals surface area contributed by atoms with Gasteiger partial charge in [0, 0.05) is 25.1 Å². The Balaban J connectivity index is 2.84. The molecule has 0 amide bonds. The van der Waals surface area contributed by atoms with E-state index in [1.54, 1.807) is 4.90 Å². The van der Waals surface area contributed by atoms with Crippen molar-refractivity contribution < 1.29 is 0 Å². The molecule has 0 aliphatic heterocycles. The van der Waals surface area contributed by atoms with Gasteiger partial charge >= 0.3 is 0 Å². The quantitative estimate of drug-likeness (QED) is 0.919. The Morgan fingerprint density at radius 3 is 2.67 bits per heavy atom. The summed E-state index contributed by atoms with van der Waals surface area (Å²) >= 11 is 8.97. The molecule has 82 valence electrons. The third kappa shape index (κ3) is 4.01. The van der Waals surface area contributed by atoms with Crippen LogP contribution in [0.4, 0.5) is 11.9 Å². The molecule has 1 N–H and O–H groups in total. The minimum absolute atomic E-state index is 0.163. The third-order valence-corrected chi connectivity index (χ3v) is 1.88. The Kier molecular flexibility index (Phi) is 4.28. The predicted molar refractivity (Wildman–Crippen MR) is 65.7 cm³/mol. The van der Waals surface area contributed by atoms with E-state index in [1.165, 1.54) is 0 Å². The van der Waals surface area contributed by atoms with Crippen molar-refractivity contribution in [2.45, 2.75) is 0 Å². The monoisotopic (exact) mass is 291 g/mol. The van der Waals surface area contributed by atoms with Crippen molar-refractivity contribution in [2.75, 3.05) is 30.9 Å². The van der Waals surface area contributed by atoms with Crippen LogP contribution in [0.5, 0.6) is 0 Å². The van der Waals surface area contributed by atoms with Gasteiger partial charge in [0.05, 0.1) is 0 Å². The van der Waals surface area contributed by atoms with Crippen LogP contribution in [0.3, 0.4) is 0 Å². The molecule has 0 spiro atoms. The maximum Gasteiger partial charge on any atom is 0.230 e. The van der Waals surface area contributed by atoms with Crippen molar-refractivity contribution in [1.82, 2.24) is 15.0 Å². The van der Waals surface area contributed by atoms with E-state index >= 15 is 0 Å². The van der Waals surface area contributed by atoms with Crippen LogP contribution in [-0.4, -0.2) is 35.6 Å². The molecule has 0 saturated carbocycles. The first-order valence-electron chi connectivity index (χ1n) is 4.15. The molecular weight excluding hydrogens is 281 g/mol. The fourth-order valence-electron chi connectivity index (χ4n) is 0.794. The number of halogens is 2. The van der Waals surface area contributed by atoms with Crippen LogP contribution in [0.2, 0.25) is 5.28 Å². The Hall–Kier alpha value is -0.880. The number of hydrogen-bond donors (Lipinski definition) is 1. The van der Waals surface area contributed by atoms with Gasteiger partial charge in [0.1, 0.15) is 0 Å². The summed E-state index contributed by atoms with van der Waals surface area (Å²) in [6.07, 6.45) is 0. The highest BCUT2D eigenvalue weighted by molar-refractivity contribution is 9.11. The molecular formula is C8H11BrClN5. The lowest BCUT2D eigenvalue weighted by atomic mass is 10.6. The molecule has 1 aromatic heterocycles. The van der Waals surface area contributed by atoms with Crippen molar-refractivity contribution in [3.8, 4) is 0 Å². The maximum absolute atomic E-state index is 5.75. The summed E-state index contributed by atoms with van der Waals surface area (Å²) in [5, 5.41) is 3.12. The van der Waals surface area contributed by atoms with Gasteiger partial charge in [0.2, 0.25) is 17.2 Å². The summed E-state index contributed by atoms with van der Waals surface area (Å²) in [5.74, 6) is 0.942. The highest BCUT2D eigenvalue weighted by Crippen LogP contribution is 2.12. The number of anilines is 2. The van der Waals surface area contributed by atoms with Gasteiger partial charge in [-0.15, -0.1) is 0 Å². The number of aromatic nitrogens is 3. The Bertz CT molecular complexity index is 368. The fourth-order valence-corrected chi connectivity index (χ4v) is 1.09. The molecule has 0 aromatic carbocycles. The van der Waals surface area contributed by atoms with E-state index in [0.717, 1.165) is 4.48 Å².